The standard InChI is InChI=1S/C16H15N5O3/c1-9-18-15(20-24-9)10-3-4-11-12(8-23-14(11)7-10)19-16(22)13-5-6-17-21(13)2/h3-7,12H,8H2,1-2H3,(H,19,22). The maximum Gasteiger partial charge on any atom is 0.270 e. The van der Waals surface area contributed by atoms with Gasteiger partial charge in [0.1, 0.15) is 18.1 Å². The van der Waals surface area contributed by atoms with Crippen LogP contribution in [0, 0.1) is 6.92 Å². The van der Waals surface area contributed by atoms with Gasteiger partial charge < -0.3 is 14.6 Å². The Hall–Kier alpha value is -3.16. The normalized spacial score (nSPS) is 15.8. The fourth-order valence-corrected chi connectivity index (χ4v) is 2.71. The number of amides is 1. The van der Waals surface area contributed by atoms with Crippen molar-refractivity contribution in [3.63, 3.8) is 0 Å². The van der Waals surface area contributed by atoms with E-state index in [9.17, 15) is 4.79 Å². The van der Waals surface area contributed by atoms with Gasteiger partial charge in [-0.25, -0.2) is 0 Å². The summed E-state index contributed by atoms with van der Waals surface area (Å²) in [6.45, 7) is 2.12. The molecule has 1 amide bonds. The first-order chi connectivity index (χ1) is 11.6. The number of aromatic nitrogens is 4. The largest absolute Gasteiger partial charge is 0.491 e. The molecule has 0 saturated heterocycles. The molecule has 0 spiro atoms. The Balaban J connectivity index is 1.56. The van der Waals surface area contributed by atoms with Crippen LogP contribution in [0.3, 0.4) is 0 Å². The highest BCUT2D eigenvalue weighted by molar-refractivity contribution is 5.92. The zero-order valence-corrected chi connectivity index (χ0v) is 13.2. The van der Waals surface area contributed by atoms with Crippen LogP contribution in [0.4, 0.5) is 0 Å². The van der Waals surface area contributed by atoms with Crippen LogP contribution >= 0.6 is 0 Å². The van der Waals surface area contributed by atoms with Crippen LogP contribution in [0.5, 0.6) is 5.75 Å². The van der Waals surface area contributed by atoms with E-state index in [-0.39, 0.29) is 11.9 Å². The number of nitrogens with one attached hydrogen (secondary N) is 1. The molecule has 0 saturated carbocycles. The summed E-state index contributed by atoms with van der Waals surface area (Å²) < 4.78 is 12.2. The lowest BCUT2D eigenvalue weighted by molar-refractivity contribution is 0.0920. The number of carbonyl (C=O) groups is 1. The van der Waals surface area contributed by atoms with Crippen LogP contribution in [0.15, 0.2) is 35.0 Å². The van der Waals surface area contributed by atoms with Crippen LogP contribution in [0.1, 0.15) is 28.0 Å². The molecule has 4 rings (SSSR count). The number of rotatable bonds is 3. The fourth-order valence-electron chi connectivity index (χ4n) is 2.71. The number of benzene rings is 1. The first kappa shape index (κ1) is 14.4. The molecule has 3 aromatic rings. The quantitative estimate of drug-likeness (QED) is 0.786. The van der Waals surface area contributed by atoms with E-state index in [4.69, 9.17) is 9.26 Å². The molecule has 1 aromatic carbocycles. The minimum Gasteiger partial charge on any atom is -0.491 e. The zero-order chi connectivity index (χ0) is 16.7. The summed E-state index contributed by atoms with van der Waals surface area (Å²) in [5, 5.41) is 10.9. The second-order valence-electron chi connectivity index (χ2n) is 5.57. The third-order valence-electron chi connectivity index (χ3n) is 3.94. The van der Waals surface area contributed by atoms with Gasteiger partial charge in [0.2, 0.25) is 11.7 Å². The zero-order valence-electron chi connectivity index (χ0n) is 13.2. The van der Waals surface area contributed by atoms with Gasteiger partial charge in [-0.15, -0.1) is 0 Å². The van der Waals surface area contributed by atoms with Gasteiger partial charge in [0, 0.05) is 31.3 Å². The van der Waals surface area contributed by atoms with Crippen LogP contribution < -0.4 is 10.1 Å². The van der Waals surface area contributed by atoms with Gasteiger partial charge in [0.25, 0.3) is 5.91 Å². The van der Waals surface area contributed by atoms with Gasteiger partial charge in [0.05, 0.1) is 6.04 Å². The first-order valence-electron chi connectivity index (χ1n) is 7.48. The Labute approximate surface area is 137 Å². The average molecular weight is 325 g/mol. The third kappa shape index (κ3) is 2.41. The molecule has 8 nitrogen and oxygen atoms in total. The highest BCUT2D eigenvalue weighted by Crippen LogP contribution is 2.35. The van der Waals surface area contributed by atoms with Crippen molar-refractivity contribution in [1.29, 1.82) is 0 Å². The summed E-state index contributed by atoms with van der Waals surface area (Å²) in [6, 6.07) is 7.13. The SMILES string of the molecule is Cc1nc(-c2ccc3c(c2)OCC3NC(=O)c2ccnn2C)no1. The van der Waals surface area contributed by atoms with Crippen molar-refractivity contribution < 1.29 is 14.1 Å². The van der Waals surface area contributed by atoms with Crippen molar-refractivity contribution in [2.75, 3.05) is 6.61 Å². The Morgan fingerprint density at radius 1 is 1.38 bits per heavy atom. The van der Waals surface area contributed by atoms with E-state index in [1.54, 1.807) is 26.2 Å². The molecule has 1 atom stereocenters. The number of ether oxygens (including phenoxy) is 1. The monoisotopic (exact) mass is 325 g/mol. The maximum absolute atomic E-state index is 12.3. The molecule has 0 radical (unpaired) electrons. The molecule has 0 bridgehead atoms. The predicted octanol–water partition coefficient (Wildman–Crippen LogP) is 1.64. The van der Waals surface area contributed by atoms with E-state index in [0.29, 0.717) is 29.8 Å². The molecular weight excluding hydrogens is 310 g/mol. The predicted molar refractivity (Wildman–Crippen MR) is 83.4 cm³/mol. The van der Waals surface area contributed by atoms with E-state index >= 15 is 0 Å². The molecule has 0 fully saturated rings. The molecule has 0 aliphatic carbocycles. The molecule has 1 aliphatic heterocycles. The summed E-state index contributed by atoms with van der Waals surface area (Å²) >= 11 is 0. The van der Waals surface area contributed by atoms with Gasteiger partial charge in [-0.3, -0.25) is 9.48 Å². The van der Waals surface area contributed by atoms with E-state index in [2.05, 4.69) is 20.6 Å². The fraction of sp³-hybridized carbons (Fsp3) is 0.250. The molecule has 1 N–H and O–H groups in total. The van der Waals surface area contributed by atoms with E-state index in [1.807, 2.05) is 18.2 Å². The van der Waals surface area contributed by atoms with Crippen molar-refractivity contribution in [2.24, 2.45) is 7.05 Å². The van der Waals surface area contributed by atoms with Crippen molar-refractivity contribution in [1.82, 2.24) is 25.2 Å². The minimum atomic E-state index is -0.205. The number of hydrogen-bond donors (Lipinski definition) is 1. The van der Waals surface area contributed by atoms with E-state index in [1.165, 1.54) is 4.68 Å². The van der Waals surface area contributed by atoms with Gasteiger partial charge >= 0.3 is 0 Å². The average Bonchev–Trinajstić information content (AvgIpc) is 3.27. The molecule has 2 aromatic heterocycles. The van der Waals surface area contributed by atoms with Gasteiger partial charge in [0.15, 0.2) is 0 Å². The lowest BCUT2D eigenvalue weighted by Crippen LogP contribution is -2.30. The molecule has 1 unspecified atom stereocenters. The summed E-state index contributed by atoms with van der Waals surface area (Å²) in [7, 11) is 1.73. The van der Waals surface area contributed by atoms with Gasteiger partial charge in [-0.1, -0.05) is 17.3 Å². The van der Waals surface area contributed by atoms with Crippen molar-refractivity contribution in [2.45, 2.75) is 13.0 Å². The van der Waals surface area contributed by atoms with Crippen LogP contribution in [0.2, 0.25) is 0 Å². The number of aryl methyl sites for hydroxylation is 2. The summed E-state index contributed by atoms with van der Waals surface area (Å²) in [4.78, 5) is 16.5. The van der Waals surface area contributed by atoms with Gasteiger partial charge in [-0.05, 0) is 12.1 Å². The lowest BCUT2D eigenvalue weighted by atomic mass is 10.1. The lowest BCUT2D eigenvalue weighted by Gasteiger charge is -2.11. The Kier molecular flexibility index (Phi) is 3.30. The number of fused-ring (bicyclic) bond motifs is 1. The molecule has 3 heterocycles. The Morgan fingerprint density at radius 2 is 2.25 bits per heavy atom. The van der Waals surface area contributed by atoms with Crippen LogP contribution in [-0.2, 0) is 7.05 Å². The van der Waals surface area contributed by atoms with E-state index < -0.39 is 0 Å². The summed E-state index contributed by atoms with van der Waals surface area (Å²) in [6.07, 6.45) is 1.59. The Morgan fingerprint density at radius 3 is 2.96 bits per heavy atom. The second-order valence-corrected chi connectivity index (χ2v) is 5.57. The smallest absolute Gasteiger partial charge is 0.270 e. The second kappa shape index (κ2) is 5.48. The molecular formula is C16H15N5O3. The van der Waals surface area contributed by atoms with Gasteiger partial charge in [-0.2, -0.15) is 10.1 Å². The van der Waals surface area contributed by atoms with Crippen LogP contribution in [-0.4, -0.2) is 32.4 Å². The summed E-state index contributed by atoms with van der Waals surface area (Å²) in [5.74, 6) is 1.55. The molecule has 1 aliphatic rings. The highest BCUT2D eigenvalue weighted by Gasteiger charge is 2.27. The summed E-state index contributed by atoms with van der Waals surface area (Å²) in [5.41, 5.74) is 2.24. The maximum atomic E-state index is 12.3. The molecule has 24 heavy (non-hydrogen) atoms. The number of hydrogen-bond acceptors (Lipinski definition) is 6. The van der Waals surface area contributed by atoms with Crippen LogP contribution in [0.25, 0.3) is 11.4 Å². The number of carbonyl (C=O) groups excluding carboxylic acids is 1. The van der Waals surface area contributed by atoms with Crippen molar-refractivity contribution in [3.05, 3.63) is 47.6 Å². The number of nitrogens with zero attached hydrogens (tertiary/aromatic N) is 4. The van der Waals surface area contributed by atoms with Crippen molar-refractivity contribution >= 4 is 5.91 Å². The first-order valence-corrected chi connectivity index (χ1v) is 7.48. The third-order valence-corrected chi connectivity index (χ3v) is 3.94. The van der Waals surface area contributed by atoms with Crippen molar-refractivity contribution in [3.8, 4) is 17.1 Å². The molecule has 8 heteroatoms. The van der Waals surface area contributed by atoms with E-state index in [0.717, 1.165) is 11.1 Å². The highest BCUT2D eigenvalue weighted by atomic mass is 16.5. The minimum absolute atomic E-state index is 0.186. The molecule has 122 valence electrons. The Bertz CT molecular complexity index is 914. The topological polar surface area (TPSA) is 95.1 Å².